The third-order valence-corrected chi connectivity index (χ3v) is 5.85. The number of fused-ring (bicyclic) bond motifs is 1. The van der Waals surface area contributed by atoms with Crippen LogP contribution in [0.15, 0.2) is 46.8 Å². The lowest BCUT2D eigenvalue weighted by atomic mass is 9.78. The van der Waals surface area contributed by atoms with Crippen molar-refractivity contribution in [1.29, 1.82) is 0 Å². The average molecular weight is 354 g/mol. The third-order valence-electron chi connectivity index (χ3n) is 5.08. The van der Waals surface area contributed by atoms with Crippen LogP contribution in [0.1, 0.15) is 27.7 Å². The quantitative estimate of drug-likeness (QED) is 0.664. The Morgan fingerprint density at radius 2 is 1.84 bits per heavy atom. The van der Waals surface area contributed by atoms with Gasteiger partial charge in [-0.05, 0) is 50.7 Å². The SMILES string of the molecule is CC1(C)OB(c2ccc3ccn(-c4nccs4)c(=O)c3c2)OC1(C)C. The number of pyridine rings is 1. The maximum Gasteiger partial charge on any atom is 0.494 e. The summed E-state index contributed by atoms with van der Waals surface area (Å²) < 4.78 is 13.8. The molecule has 0 saturated carbocycles. The molecule has 0 aliphatic carbocycles. The first-order valence-corrected chi connectivity index (χ1v) is 9.07. The van der Waals surface area contributed by atoms with E-state index < -0.39 is 18.3 Å². The molecule has 1 saturated heterocycles. The molecular formula is C18H19BN2O3S. The second kappa shape index (κ2) is 5.52. The van der Waals surface area contributed by atoms with E-state index in [2.05, 4.69) is 4.98 Å². The van der Waals surface area contributed by atoms with Crippen molar-refractivity contribution in [1.82, 2.24) is 9.55 Å². The number of rotatable bonds is 2. The van der Waals surface area contributed by atoms with Crippen molar-refractivity contribution >= 4 is 34.7 Å². The van der Waals surface area contributed by atoms with Gasteiger partial charge < -0.3 is 9.31 Å². The normalized spacial score (nSPS) is 18.8. The van der Waals surface area contributed by atoms with Crippen molar-refractivity contribution in [2.45, 2.75) is 38.9 Å². The van der Waals surface area contributed by atoms with E-state index in [9.17, 15) is 4.79 Å². The van der Waals surface area contributed by atoms with Crippen LogP contribution in [0.5, 0.6) is 0 Å². The highest BCUT2D eigenvalue weighted by atomic mass is 32.1. The van der Waals surface area contributed by atoms with Crippen molar-refractivity contribution in [3.05, 3.63) is 52.4 Å². The smallest absolute Gasteiger partial charge is 0.399 e. The molecule has 1 aromatic carbocycles. The molecule has 1 aliphatic heterocycles. The number of hydrogen-bond donors (Lipinski definition) is 0. The van der Waals surface area contributed by atoms with E-state index in [1.807, 2.05) is 57.3 Å². The van der Waals surface area contributed by atoms with Crippen LogP contribution in [-0.4, -0.2) is 27.9 Å². The van der Waals surface area contributed by atoms with Gasteiger partial charge in [-0.3, -0.25) is 9.36 Å². The van der Waals surface area contributed by atoms with Gasteiger partial charge in [-0.15, -0.1) is 11.3 Å². The molecule has 0 N–H and O–H groups in total. The Balaban J connectivity index is 1.81. The summed E-state index contributed by atoms with van der Waals surface area (Å²) in [6.45, 7) is 8.07. The number of thiazole rings is 1. The van der Waals surface area contributed by atoms with Crippen LogP contribution >= 0.6 is 11.3 Å². The Hall–Kier alpha value is -1.96. The van der Waals surface area contributed by atoms with Gasteiger partial charge >= 0.3 is 7.12 Å². The predicted octanol–water partition coefficient (Wildman–Crippen LogP) is 2.75. The third kappa shape index (κ3) is 2.63. The van der Waals surface area contributed by atoms with E-state index in [-0.39, 0.29) is 5.56 Å². The molecule has 0 atom stereocenters. The number of nitrogens with zero attached hydrogens (tertiary/aromatic N) is 2. The molecule has 0 radical (unpaired) electrons. The topological polar surface area (TPSA) is 53.4 Å². The Morgan fingerprint density at radius 1 is 1.12 bits per heavy atom. The zero-order valence-electron chi connectivity index (χ0n) is 14.6. The molecule has 5 nitrogen and oxygen atoms in total. The van der Waals surface area contributed by atoms with Crippen LogP contribution in [0, 0.1) is 0 Å². The van der Waals surface area contributed by atoms with Gasteiger partial charge in [-0.2, -0.15) is 0 Å². The Morgan fingerprint density at radius 3 is 2.48 bits per heavy atom. The fraction of sp³-hybridized carbons (Fsp3) is 0.333. The Kier molecular flexibility index (Phi) is 3.65. The van der Waals surface area contributed by atoms with Gasteiger partial charge in [-0.1, -0.05) is 12.1 Å². The fourth-order valence-electron chi connectivity index (χ4n) is 2.87. The fourth-order valence-corrected chi connectivity index (χ4v) is 3.49. The van der Waals surface area contributed by atoms with Crippen LogP contribution in [0.3, 0.4) is 0 Å². The van der Waals surface area contributed by atoms with Crippen LogP contribution in [0.4, 0.5) is 0 Å². The zero-order valence-corrected chi connectivity index (χ0v) is 15.5. The molecule has 4 rings (SSSR count). The number of aromatic nitrogens is 2. The average Bonchev–Trinajstić information content (AvgIpc) is 3.14. The summed E-state index contributed by atoms with van der Waals surface area (Å²) in [6.07, 6.45) is 3.45. The predicted molar refractivity (Wildman–Crippen MR) is 101 cm³/mol. The molecule has 128 valence electrons. The van der Waals surface area contributed by atoms with E-state index in [1.165, 1.54) is 11.3 Å². The van der Waals surface area contributed by atoms with Crippen molar-refractivity contribution in [3.8, 4) is 5.13 Å². The lowest BCUT2D eigenvalue weighted by Crippen LogP contribution is -2.41. The first-order valence-electron chi connectivity index (χ1n) is 8.19. The zero-order chi connectivity index (χ0) is 17.8. The van der Waals surface area contributed by atoms with Crippen molar-refractivity contribution in [2.75, 3.05) is 0 Å². The minimum Gasteiger partial charge on any atom is -0.399 e. The monoisotopic (exact) mass is 354 g/mol. The van der Waals surface area contributed by atoms with E-state index >= 15 is 0 Å². The molecule has 0 amide bonds. The van der Waals surface area contributed by atoms with E-state index in [0.717, 1.165) is 10.8 Å². The summed E-state index contributed by atoms with van der Waals surface area (Å²) in [5, 5.41) is 4.03. The standard InChI is InChI=1S/C18H19BN2O3S/c1-17(2)18(3,4)24-19(23-17)13-6-5-12-7-9-21(15(22)14(12)11-13)16-20-8-10-25-16/h5-11H,1-4H3. The molecule has 3 aromatic rings. The first-order chi connectivity index (χ1) is 11.8. The molecule has 3 heterocycles. The van der Waals surface area contributed by atoms with Gasteiger partial charge in [-0.25, -0.2) is 4.98 Å². The maximum atomic E-state index is 12.9. The van der Waals surface area contributed by atoms with E-state index in [1.54, 1.807) is 17.0 Å². The van der Waals surface area contributed by atoms with E-state index in [4.69, 9.17) is 9.31 Å². The molecule has 0 bridgehead atoms. The summed E-state index contributed by atoms with van der Waals surface area (Å²) in [6, 6.07) is 7.68. The van der Waals surface area contributed by atoms with E-state index in [0.29, 0.717) is 10.5 Å². The Labute approximate surface area is 150 Å². The largest absolute Gasteiger partial charge is 0.494 e. The lowest BCUT2D eigenvalue weighted by Gasteiger charge is -2.32. The molecule has 7 heteroatoms. The van der Waals surface area contributed by atoms with Crippen molar-refractivity contribution in [2.24, 2.45) is 0 Å². The maximum absolute atomic E-state index is 12.9. The molecule has 1 aliphatic rings. The number of hydrogen-bond acceptors (Lipinski definition) is 5. The summed E-state index contributed by atoms with van der Waals surface area (Å²) in [5.41, 5.74) is -0.0691. The second-order valence-corrected chi connectivity index (χ2v) is 8.11. The lowest BCUT2D eigenvalue weighted by molar-refractivity contribution is 0.00578. The minimum absolute atomic E-state index is 0.0918. The van der Waals surface area contributed by atoms with Gasteiger partial charge in [0.25, 0.3) is 5.56 Å². The van der Waals surface area contributed by atoms with Crippen LogP contribution in [0.2, 0.25) is 0 Å². The number of benzene rings is 1. The van der Waals surface area contributed by atoms with Gasteiger partial charge in [0.1, 0.15) is 0 Å². The molecule has 1 fully saturated rings. The van der Waals surface area contributed by atoms with Crippen LogP contribution < -0.4 is 11.0 Å². The highest BCUT2D eigenvalue weighted by molar-refractivity contribution is 7.12. The summed E-state index contributed by atoms with van der Waals surface area (Å²) >= 11 is 1.43. The molecule has 0 unspecified atom stereocenters. The molecule has 0 spiro atoms. The molecule has 2 aromatic heterocycles. The Bertz CT molecular complexity index is 979. The van der Waals surface area contributed by atoms with Gasteiger partial charge in [0.2, 0.25) is 0 Å². The summed E-state index contributed by atoms with van der Waals surface area (Å²) in [4.78, 5) is 17.1. The molecule has 25 heavy (non-hydrogen) atoms. The van der Waals surface area contributed by atoms with Gasteiger partial charge in [0.05, 0.1) is 11.2 Å². The van der Waals surface area contributed by atoms with Crippen molar-refractivity contribution < 1.29 is 9.31 Å². The second-order valence-electron chi connectivity index (χ2n) is 7.24. The summed E-state index contributed by atoms with van der Waals surface area (Å²) in [5.74, 6) is 0. The van der Waals surface area contributed by atoms with Crippen LogP contribution in [-0.2, 0) is 9.31 Å². The van der Waals surface area contributed by atoms with Crippen LogP contribution in [0.25, 0.3) is 15.9 Å². The minimum atomic E-state index is -0.484. The van der Waals surface area contributed by atoms with Gasteiger partial charge in [0, 0.05) is 23.2 Å². The van der Waals surface area contributed by atoms with Gasteiger partial charge in [0.15, 0.2) is 5.13 Å². The first kappa shape index (κ1) is 16.5. The van der Waals surface area contributed by atoms with Crippen molar-refractivity contribution in [3.63, 3.8) is 0 Å². The summed E-state index contributed by atoms with van der Waals surface area (Å²) in [7, 11) is -0.484. The molecular weight excluding hydrogens is 335 g/mol. The highest BCUT2D eigenvalue weighted by Crippen LogP contribution is 2.36. The highest BCUT2D eigenvalue weighted by Gasteiger charge is 2.51.